The fraction of sp³-hybridized carbons (Fsp3) is 1.00. The van der Waals surface area contributed by atoms with Crippen molar-refractivity contribution in [2.75, 3.05) is 58.9 Å². The van der Waals surface area contributed by atoms with Crippen LogP contribution in [0.3, 0.4) is 0 Å². The lowest BCUT2D eigenvalue weighted by Crippen LogP contribution is -2.41. The van der Waals surface area contributed by atoms with Crippen LogP contribution in [0.15, 0.2) is 0 Å². The SMILES string of the molecule is CC(O)CN1CCN(CC(C)O)CCN(CC(C)O)CC1. The molecule has 1 heterocycles. The van der Waals surface area contributed by atoms with Gasteiger partial charge in [-0.3, -0.25) is 14.7 Å². The highest BCUT2D eigenvalue weighted by Crippen LogP contribution is 2.03. The van der Waals surface area contributed by atoms with Gasteiger partial charge in [0.05, 0.1) is 18.3 Å². The van der Waals surface area contributed by atoms with Crippen molar-refractivity contribution in [3.63, 3.8) is 0 Å². The van der Waals surface area contributed by atoms with E-state index in [1.54, 1.807) is 0 Å². The Hall–Kier alpha value is -0.240. The van der Waals surface area contributed by atoms with Crippen LogP contribution in [0, 0.1) is 0 Å². The minimum Gasteiger partial charge on any atom is -0.392 e. The molecule has 6 nitrogen and oxygen atoms in total. The summed E-state index contributed by atoms with van der Waals surface area (Å²) in [7, 11) is 0. The molecule has 0 bridgehead atoms. The first-order valence-corrected chi connectivity index (χ1v) is 8.08. The van der Waals surface area contributed by atoms with E-state index in [2.05, 4.69) is 14.7 Å². The molecular formula is C15H33N3O3. The van der Waals surface area contributed by atoms with Crippen LogP contribution in [-0.4, -0.2) is 107 Å². The molecule has 0 aromatic heterocycles. The summed E-state index contributed by atoms with van der Waals surface area (Å²) in [4.78, 5) is 6.79. The standard InChI is InChI=1S/C15H33N3O3/c1-13(19)10-16-4-6-17(11-14(2)20)8-9-18(7-5-16)12-15(3)21/h13-15,19-21H,4-12H2,1-3H3. The molecule has 21 heavy (non-hydrogen) atoms. The highest BCUT2D eigenvalue weighted by Gasteiger charge is 2.18. The second-order valence-electron chi connectivity index (χ2n) is 6.45. The summed E-state index contributed by atoms with van der Waals surface area (Å²) >= 11 is 0. The number of β-amino-alcohol motifs (C(OH)–C–C–N with tert-alkyl or cyclic N) is 3. The molecule has 1 rings (SSSR count). The van der Waals surface area contributed by atoms with Gasteiger partial charge in [-0.15, -0.1) is 0 Å². The Bertz CT molecular complexity index is 220. The molecule has 126 valence electrons. The molecule has 0 aliphatic carbocycles. The lowest BCUT2D eigenvalue weighted by molar-refractivity contribution is 0.102. The number of rotatable bonds is 6. The molecule has 0 aromatic rings. The van der Waals surface area contributed by atoms with E-state index < -0.39 is 0 Å². The third kappa shape index (κ3) is 8.70. The predicted molar refractivity (Wildman–Crippen MR) is 84.4 cm³/mol. The third-order valence-corrected chi connectivity index (χ3v) is 3.76. The average molecular weight is 303 g/mol. The third-order valence-electron chi connectivity index (χ3n) is 3.76. The van der Waals surface area contributed by atoms with Crippen molar-refractivity contribution in [3.05, 3.63) is 0 Å². The molecule has 3 N–H and O–H groups in total. The highest BCUT2D eigenvalue weighted by molar-refractivity contribution is 4.74. The average Bonchev–Trinajstić information content (AvgIpc) is 2.42. The molecule has 0 radical (unpaired) electrons. The van der Waals surface area contributed by atoms with E-state index in [1.807, 2.05) is 20.8 Å². The summed E-state index contributed by atoms with van der Waals surface area (Å²) in [5.41, 5.74) is 0. The zero-order valence-electron chi connectivity index (χ0n) is 13.8. The molecule has 0 spiro atoms. The van der Waals surface area contributed by atoms with Crippen molar-refractivity contribution in [1.82, 2.24) is 14.7 Å². The molecule has 6 heteroatoms. The van der Waals surface area contributed by atoms with E-state index in [4.69, 9.17) is 0 Å². The molecular weight excluding hydrogens is 270 g/mol. The summed E-state index contributed by atoms with van der Waals surface area (Å²) < 4.78 is 0. The van der Waals surface area contributed by atoms with Gasteiger partial charge in [0.15, 0.2) is 0 Å². The van der Waals surface area contributed by atoms with Crippen LogP contribution in [0.2, 0.25) is 0 Å². The van der Waals surface area contributed by atoms with Crippen LogP contribution in [0.4, 0.5) is 0 Å². The summed E-state index contributed by atoms with van der Waals surface area (Å²) in [6.07, 6.45) is -0.997. The topological polar surface area (TPSA) is 70.4 Å². The fourth-order valence-corrected chi connectivity index (χ4v) is 2.85. The summed E-state index contributed by atoms with van der Waals surface area (Å²) in [6, 6.07) is 0. The normalized spacial score (nSPS) is 24.9. The quantitative estimate of drug-likeness (QED) is 0.588. The van der Waals surface area contributed by atoms with E-state index in [1.165, 1.54) is 0 Å². The minimum atomic E-state index is -0.332. The van der Waals surface area contributed by atoms with Gasteiger partial charge in [-0.25, -0.2) is 0 Å². The molecule has 1 aliphatic rings. The van der Waals surface area contributed by atoms with Gasteiger partial charge in [-0.1, -0.05) is 0 Å². The summed E-state index contributed by atoms with van der Waals surface area (Å²) in [6.45, 7) is 12.9. The van der Waals surface area contributed by atoms with Crippen molar-refractivity contribution in [1.29, 1.82) is 0 Å². The van der Waals surface area contributed by atoms with E-state index in [0.29, 0.717) is 19.6 Å². The van der Waals surface area contributed by atoms with Gasteiger partial charge in [0.2, 0.25) is 0 Å². The van der Waals surface area contributed by atoms with E-state index >= 15 is 0 Å². The number of aliphatic hydroxyl groups is 3. The molecule has 3 unspecified atom stereocenters. The smallest absolute Gasteiger partial charge is 0.0639 e. The van der Waals surface area contributed by atoms with Crippen LogP contribution in [0.1, 0.15) is 20.8 Å². The van der Waals surface area contributed by atoms with Gasteiger partial charge >= 0.3 is 0 Å². The Kier molecular flexibility index (Phi) is 8.70. The molecule has 0 saturated carbocycles. The van der Waals surface area contributed by atoms with Crippen LogP contribution < -0.4 is 0 Å². The van der Waals surface area contributed by atoms with Crippen LogP contribution in [0.5, 0.6) is 0 Å². The van der Waals surface area contributed by atoms with Gasteiger partial charge in [0, 0.05) is 58.9 Å². The van der Waals surface area contributed by atoms with Crippen molar-refractivity contribution in [2.24, 2.45) is 0 Å². The Labute approximate surface area is 129 Å². The maximum absolute atomic E-state index is 9.61. The summed E-state index contributed by atoms with van der Waals surface area (Å²) in [5.74, 6) is 0. The van der Waals surface area contributed by atoms with Crippen molar-refractivity contribution < 1.29 is 15.3 Å². The number of nitrogens with zero attached hydrogens (tertiary/aromatic N) is 3. The number of aliphatic hydroxyl groups excluding tert-OH is 3. The maximum atomic E-state index is 9.61. The molecule has 3 atom stereocenters. The molecule has 1 saturated heterocycles. The largest absolute Gasteiger partial charge is 0.392 e. The predicted octanol–water partition coefficient (Wildman–Crippen LogP) is -0.952. The van der Waals surface area contributed by atoms with Gasteiger partial charge in [0.25, 0.3) is 0 Å². The van der Waals surface area contributed by atoms with Crippen LogP contribution in [0.25, 0.3) is 0 Å². The van der Waals surface area contributed by atoms with E-state index in [0.717, 1.165) is 39.3 Å². The van der Waals surface area contributed by atoms with Gasteiger partial charge in [-0.2, -0.15) is 0 Å². The molecule has 0 aromatic carbocycles. The van der Waals surface area contributed by atoms with Crippen LogP contribution in [-0.2, 0) is 0 Å². The van der Waals surface area contributed by atoms with Crippen molar-refractivity contribution in [2.45, 2.75) is 39.1 Å². The highest BCUT2D eigenvalue weighted by atomic mass is 16.3. The number of hydrogen-bond acceptors (Lipinski definition) is 6. The van der Waals surface area contributed by atoms with Crippen molar-refractivity contribution in [3.8, 4) is 0 Å². The fourth-order valence-electron chi connectivity index (χ4n) is 2.85. The Balaban J connectivity index is 2.62. The van der Waals surface area contributed by atoms with E-state index in [-0.39, 0.29) is 18.3 Å². The Morgan fingerprint density at radius 2 is 0.762 bits per heavy atom. The Morgan fingerprint density at radius 1 is 0.571 bits per heavy atom. The van der Waals surface area contributed by atoms with Crippen molar-refractivity contribution >= 4 is 0 Å². The zero-order valence-corrected chi connectivity index (χ0v) is 13.8. The summed E-state index contributed by atoms with van der Waals surface area (Å²) in [5, 5.41) is 28.8. The van der Waals surface area contributed by atoms with Crippen LogP contribution >= 0.6 is 0 Å². The lowest BCUT2D eigenvalue weighted by atomic mass is 10.3. The number of hydrogen-bond donors (Lipinski definition) is 3. The molecule has 1 aliphatic heterocycles. The molecule has 0 amide bonds. The van der Waals surface area contributed by atoms with Gasteiger partial charge in [-0.05, 0) is 20.8 Å². The first-order chi connectivity index (χ1) is 9.86. The second-order valence-corrected chi connectivity index (χ2v) is 6.45. The van der Waals surface area contributed by atoms with Gasteiger partial charge in [0.1, 0.15) is 0 Å². The van der Waals surface area contributed by atoms with E-state index in [9.17, 15) is 15.3 Å². The van der Waals surface area contributed by atoms with Gasteiger partial charge < -0.3 is 15.3 Å². The Morgan fingerprint density at radius 3 is 0.905 bits per heavy atom. The maximum Gasteiger partial charge on any atom is 0.0639 e. The first-order valence-electron chi connectivity index (χ1n) is 8.08. The first kappa shape index (κ1) is 18.8. The minimum absolute atomic E-state index is 0.332. The monoisotopic (exact) mass is 303 g/mol. The molecule has 1 fully saturated rings. The lowest BCUT2D eigenvalue weighted by Gasteiger charge is -2.27. The zero-order chi connectivity index (χ0) is 15.8. The second kappa shape index (κ2) is 9.71.